The Morgan fingerprint density at radius 3 is 3.08 bits per heavy atom. The Bertz CT molecular complexity index is 286. The lowest BCUT2D eigenvalue weighted by Crippen LogP contribution is -1.92. The van der Waals surface area contributed by atoms with Crippen LogP contribution in [-0.2, 0) is 6.42 Å². The number of aryl methyl sites for hydroxylation is 1. The first-order chi connectivity index (χ1) is 5.83. The summed E-state index contributed by atoms with van der Waals surface area (Å²) in [5, 5.41) is 0. The standard InChI is InChI=1S/C10H12N2/c1-2-3-4-5-9-6-7-12-10(11)8-9/h1,6-8H,3-5H2,(H2,11,12). The average molecular weight is 160 g/mol. The molecule has 62 valence electrons. The van der Waals surface area contributed by atoms with E-state index < -0.39 is 0 Å². The summed E-state index contributed by atoms with van der Waals surface area (Å²) in [6.45, 7) is 0. The third-order valence-corrected chi connectivity index (χ3v) is 1.63. The molecule has 0 saturated heterocycles. The highest BCUT2D eigenvalue weighted by molar-refractivity contribution is 5.31. The maximum Gasteiger partial charge on any atom is 0.123 e. The van der Waals surface area contributed by atoms with Crippen molar-refractivity contribution in [3.63, 3.8) is 0 Å². The van der Waals surface area contributed by atoms with Gasteiger partial charge in [-0.25, -0.2) is 4.98 Å². The van der Waals surface area contributed by atoms with Crippen molar-refractivity contribution in [3.8, 4) is 12.3 Å². The van der Waals surface area contributed by atoms with Crippen molar-refractivity contribution < 1.29 is 0 Å². The minimum Gasteiger partial charge on any atom is -0.384 e. The van der Waals surface area contributed by atoms with Gasteiger partial charge in [0, 0.05) is 12.6 Å². The van der Waals surface area contributed by atoms with Gasteiger partial charge in [-0.1, -0.05) is 0 Å². The molecular formula is C10H12N2. The van der Waals surface area contributed by atoms with E-state index in [9.17, 15) is 0 Å². The van der Waals surface area contributed by atoms with E-state index in [1.807, 2.05) is 12.1 Å². The van der Waals surface area contributed by atoms with E-state index in [1.165, 1.54) is 5.56 Å². The van der Waals surface area contributed by atoms with Crippen LogP contribution in [0.4, 0.5) is 5.82 Å². The van der Waals surface area contributed by atoms with Crippen molar-refractivity contribution in [1.29, 1.82) is 0 Å². The molecule has 0 amide bonds. The molecule has 0 aromatic carbocycles. The molecule has 2 nitrogen and oxygen atoms in total. The molecule has 0 bridgehead atoms. The van der Waals surface area contributed by atoms with Gasteiger partial charge in [0.2, 0.25) is 0 Å². The van der Waals surface area contributed by atoms with Gasteiger partial charge in [-0.2, -0.15) is 0 Å². The first-order valence-electron chi connectivity index (χ1n) is 3.97. The quantitative estimate of drug-likeness (QED) is 0.539. The SMILES string of the molecule is C#CCCCc1ccnc(N)c1. The molecule has 2 N–H and O–H groups in total. The number of anilines is 1. The van der Waals surface area contributed by atoms with Crippen LogP contribution < -0.4 is 5.73 Å². The summed E-state index contributed by atoms with van der Waals surface area (Å²) in [4.78, 5) is 3.91. The van der Waals surface area contributed by atoms with Crippen molar-refractivity contribution in [2.45, 2.75) is 19.3 Å². The smallest absolute Gasteiger partial charge is 0.123 e. The van der Waals surface area contributed by atoms with Crippen LogP contribution in [0.25, 0.3) is 0 Å². The van der Waals surface area contributed by atoms with Crippen LogP contribution in [0.3, 0.4) is 0 Å². The van der Waals surface area contributed by atoms with Crippen molar-refractivity contribution in [2.24, 2.45) is 0 Å². The molecule has 0 fully saturated rings. The number of hydrogen-bond acceptors (Lipinski definition) is 2. The highest BCUT2D eigenvalue weighted by Gasteiger charge is 1.92. The summed E-state index contributed by atoms with van der Waals surface area (Å²) in [5.74, 6) is 3.18. The topological polar surface area (TPSA) is 38.9 Å². The highest BCUT2D eigenvalue weighted by Crippen LogP contribution is 2.06. The number of aromatic nitrogens is 1. The van der Waals surface area contributed by atoms with E-state index >= 15 is 0 Å². The lowest BCUT2D eigenvalue weighted by molar-refractivity contribution is 0.857. The Morgan fingerprint density at radius 1 is 1.58 bits per heavy atom. The molecule has 1 heterocycles. The van der Waals surface area contributed by atoms with E-state index in [2.05, 4.69) is 10.9 Å². The largest absolute Gasteiger partial charge is 0.384 e. The summed E-state index contributed by atoms with van der Waals surface area (Å²) < 4.78 is 0. The van der Waals surface area contributed by atoms with Gasteiger partial charge in [-0.05, 0) is 30.5 Å². The number of nitrogens with zero attached hydrogens (tertiary/aromatic N) is 1. The molecular weight excluding hydrogens is 148 g/mol. The van der Waals surface area contributed by atoms with E-state index in [4.69, 9.17) is 12.2 Å². The minimum atomic E-state index is 0.577. The monoisotopic (exact) mass is 160 g/mol. The van der Waals surface area contributed by atoms with Crippen molar-refractivity contribution >= 4 is 5.82 Å². The van der Waals surface area contributed by atoms with E-state index in [-0.39, 0.29) is 0 Å². The second-order valence-electron chi connectivity index (χ2n) is 2.65. The van der Waals surface area contributed by atoms with Gasteiger partial charge in [0.15, 0.2) is 0 Å². The lowest BCUT2D eigenvalue weighted by atomic mass is 10.1. The molecule has 0 radical (unpaired) electrons. The first kappa shape index (κ1) is 8.61. The average Bonchev–Trinajstić information content (AvgIpc) is 2.05. The number of nitrogen functional groups attached to an aromatic ring is 1. The minimum absolute atomic E-state index is 0.577. The number of unbranched alkanes of at least 4 members (excludes halogenated alkanes) is 1. The Morgan fingerprint density at radius 2 is 2.42 bits per heavy atom. The van der Waals surface area contributed by atoms with Gasteiger partial charge >= 0.3 is 0 Å². The molecule has 12 heavy (non-hydrogen) atoms. The first-order valence-corrected chi connectivity index (χ1v) is 3.97. The van der Waals surface area contributed by atoms with Crippen LogP contribution in [-0.4, -0.2) is 4.98 Å². The summed E-state index contributed by atoms with van der Waals surface area (Å²) in [5.41, 5.74) is 6.72. The molecule has 0 aliphatic carbocycles. The van der Waals surface area contributed by atoms with Crippen LogP contribution in [0.15, 0.2) is 18.3 Å². The predicted molar refractivity (Wildman–Crippen MR) is 50.4 cm³/mol. The molecule has 0 aliphatic rings. The number of nitrogens with two attached hydrogens (primary N) is 1. The summed E-state index contributed by atoms with van der Waals surface area (Å²) in [6, 6.07) is 3.85. The summed E-state index contributed by atoms with van der Waals surface area (Å²) in [6.07, 6.45) is 9.68. The second kappa shape index (κ2) is 4.40. The maximum atomic E-state index is 5.51. The molecule has 0 spiro atoms. The lowest BCUT2D eigenvalue weighted by Gasteiger charge is -1.98. The van der Waals surface area contributed by atoms with E-state index in [0.717, 1.165) is 19.3 Å². The number of terminal acetylenes is 1. The fourth-order valence-corrected chi connectivity index (χ4v) is 1.04. The van der Waals surface area contributed by atoms with E-state index in [0.29, 0.717) is 5.82 Å². The highest BCUT2D eigenvalue weighted by atomic mass is 14.8. The summed E-state index contributed by atoms with van der Waals surface area (Å²) in [7, 11) is 0. The third-order valence-electron chi connectivity index (χ3n) is 1.63. The zero-order chi connectivity index (χ0) is 8.81. The van der Waals surface area contributed by atoms with Gasteiger partial charge in [0.05, 0.1) is 0 Å². The zero-order valence-electron chi connectivity index (χ0n) is 6.96. The molecule has 1 aromatic rings. The van der Waals surface area contributed by atoms with Crippen LogP contribution in [0, 0.1) is 12.3 Å². The summed E-state index contributed by atoms with van der Waals surface area (Å²) >= 11 is 0. The Kier molecular flexibility index (Phi) is 3.16. The van der Waals surface area contributed by atoms with E-state index in [1.54, 1.807) is 6.20 Å². The van der Waals surface area contributed by atoms with Gasteiger partial charge in [-0.15, -0.1) is 12.3 Å². The van der Waals surface area contributed by atoms with Crippen LogP contribution >= 0.6 is 0 Å². The molecule has 0 atom stereocenters. The zero-order valence-corrected chi connectivity index (χ0v) is 6.96. The fourth-order valence-electron chi connectivity index (χ4n) is 1.04. The normalized spacial score (nSPS) is 9.25. The van der Waals surface area contributed by atoms with Gasteiger partial charge in [0.25, 0.3) is 0 Å². The molecule has 1 rings (SSSR count). The van der Waals surface area contributed by atoms with Gasteiger partial charge in [-0.3, -0.25) is 0 Å². The maximum absolute atomic E-state index is 5.51. The molecule has 2 heteroatoms. The molecule has 0 aliphatic heterocycles. The van der Waals surface area contributed by atoms with Crippen molar-refractivity contribution in [2.75, 3.05) is 5.73 Å². The Labute approximate surface area is 72.8 Å². The van der Waals surface area contributed by atoms with Crippen LogP contribution in [0.2, 0.25) is 0 Å². The fraction of sp³-hybridized carbons (Fsp3) is 0.300. The molecule has 0 unspecified atom stereocenters. The van der Waals surface area contributed by atoms with Gasteiger partial charge < -0.3 is 5.73 Å². The predicted octanol–water partition coefficient (Wildman–Crippen LogP) is 1.62. The number of rotatable bonds is 3. The Balaban J connectivity index is 2.48. The number of hydrogen-bond donors (Lipinski definition) is 1. The van der Waals surface area contributed by atoms with Crippen molar-refractivity contribution in [3.05, 3.63) is 23.9 Å². The third kappa shape index (κ3) is 2.63. The second-order valence-corrected chi connectivity index (χ2v) is 2.65. The molecule has 0 saturated carbocycles. The van der Waals surface area contributed by atoms with Crippen LogP contribution in [0.1, 0.15) is 18.4 Å². The van der Waals surface area contributed by atoms with Crippen molar-refractivity contribution in [1.82, 2.24) is 4.98 Å². The molecule has 1 aromatic heterocycles. The number of pyridine rings is 1. The van der Waals surface area contributed by atoms with Gasteiger partial charge in [0.1, 0.15) is 5.82 Å². The van der Waals surface area contributed by atoms with Crippen LogP contribution in [0.5, 0.6) is 0 Å². The Hall–Kier alpha value is -1.49.